The molecule has 8 nitrogen and oxygen atoms in total. The lowest BCUT2D eigenvalue weighted by molar-refractivity contribution is -0.131. The molecule has 1 unspecified atom stereocenters. The van der Waals surface area contributed by atoms with Crippen LogP contribution >= 0.6 is 0 Å². The van der Waals surface area contributed by atoms with E-state index in [1.54, 1.807) is 29.3 Å². The number of hydrogen-bond donors (Lipinski definition) is 1. The van der Waals surface area contributed by atoms with Crippen molar-refractivity contribution in [1.82, 2.24) is 19.4 Å². The van der Waals surface area contributed by atoms with Crippen molar-refractivity contribution < 1.29 is 9.59 Å². The summed E-state index contributed by atoms with van der Waals surface area (Å²) in [7, 11) is 1.36. The Hall–Kier alpha value is -3.03. The predicted molar refractivity (Wildman–Crippen MR) is 93.9 cm³/mol. The van der Waals surface area contributed by atoms with Crippen molar-refractivity contribution >= 4 is 11.7 Å². The van der Waals surface area contributed by atoms with Crippen LogP contribution in [0.15, 0.2) is 40.2 Å². The van der Waals surface area contributed by atoms with Crippen molar-refractivity contribution in [3.05, 3.63) is 62.7 Å². The lowest BCUT2D eigenvalue weighted by Gasteiger charge is -2.32. The lowest BCUT2D eigenvalue weighted by Crippen LogP contribution is -2.44. The Balaban J connectivity index is 1.71. The zero-order chi connectivity index (χ0) is 18.7. The van der Waals surface area contributed by atoms with Gasteiger partial charge in [-0.15, -0.1) is 0 Å². The molecule has 0 aliphatic carbocycles. The van der Waals surface area contributed by atoms with Crippen molar-refractivity contribution in [3.8, 4) is 0 Å². The van der Waals surface area contributed by atoms with Crippen LogP contribution in [0.5, 0.6) is 0 Å². The molecule has 0 aromatic carbocycles. The summed E-state index contributed by atoms with van der Waals surface area (Å²) in [5, 5.41) is 0. The van der Waals surface area contributed by atoms with Gasteiger partial charge in [-0.1, -0.05) is 6.07 Å². The number of Topliss-reactive ketones (excluding diaryl/α,β-unsaturated/α-hetero) is 1. The first-order valence-corrected chi connectivity index (χ1v) is 8.48. The minimum Gasteiger partial charge on any atom is -0.342 e. The second-order valence-electron chi connectivity index (χ2n) is 6.42. The standard InChI is InChI=1S/C18H20N4O4/c1-21-17(25)13(10-20-18(21)26)9-15(23)22-8-4-5-12(11-22)16(24)14-6-2-3-7-19-14/h2-3,6-7,10,12H,4-5,8-9,11H2,1H3,(H,20,26). The molecule has 136 valence electrons. The summed E-state index contributed by atoms with van der Waals surface area (Å²) in [6.45, 7) is 0.867. The summed E-state index contributed by atoms with van der Waals surface area (Å²) in [4.78, 5) is 56.8. The molecule has 1 fully saturated rings. The molecule has 1 amide bonds. The molecule has 8 heteroatoms. The van der Waals surface area contributed by atoms with Gasteiger partial charge >= 0.3 is 5.69 Å². The highest BCUT2D eigenvalue weighted by Gasteiger charge is 2.29. The van der Waals surface area contributed by atoms with Crippen molar-refractivity contribution in [2.75, 3.05) is 13.1 Å². The van der Waals surface area contributed by atoms with Crippen LogP contribution in [0.1, 0.15) is 28.9 Å². The van der Waals surface area contributed by atoms with Crippen LogP contribution in [0, 0.1) is 5.92 Å². The number of aromatic amines is 1. The number of ketones is 1. The molecule has 0 radical (unpaired) electrons. The number of carbonyl (C=O) groups excluding carboxylic acids is 2. The Labute approximate surface area is 149 Å². The first-order chi connectivity index (χ1) is 12.5. The van der Waals surface area contributed by atoms with E-state index in [4.69, 9.17) is 0 Å². The summed E-state index contributed by atoms with van der Waals surface area (Å²) in [6.07, 6.45) is 4.18. The minimum absolute atomic E-state index is 0.0666. The summed E-state index contributed by atoms with van der Waals surface area (Å²) in [5.74, 6) is -0.586. The number of nitrogens with one attached hydrogen (secondary N) is 1. The molecule has 0 spiro atoms. The van der Waals surface area contributed by atoms with Crippen LogP contribution in [0.4, 0.5) is 0 Å². The SMILES string of the molecule is Cn1c(=O)[nH]cc(CC(=O)N2CCCC(C(=O)c3ccccn3)C2)c1=O. The van der Waals surface area contributed by atoms with Gasteiger partial charge in [0.2, 0.25) is 5.91 Å². The number of piperidine rings is 1. The molecule has 1 aliphatic heterocycles. The molecule has 1 saturated heterocycles. The van der Waals surface area contributed by atoms with E-state index in [0.717, 1.165) is 11.0 Å². The summed E-state index contributed by atoms with van der Waals surface area (Å²) in [6, 6.07) is 5.18. The van der Waals surface area contributed by atoms with Gasteiger partial charge in [0.25, 0.3) is 5.56 Å². The van der Waals surface area contributed by atoms with E-state index in [9.17, 15) is 19.2 Å². The van der Waals surface area contributed by atoms with Crippen LogP contribution < -0.4 is 11.2 Å². The van der Waals surface area contributed by atoms with E-state index in [2.05, 4.69) is 9.97 Å². The number of nitrogens with zero attached hydrogens (tertiary/aromatic N) is 3. The second kappa shape index (κ2) is 7.47. The third-order valence-corrected chi connectivity index (χ3v) is 4.66. The molecule has 2 aromatic rings. The average Bonchev–Trinajstić information content (AvgIpc) is 2.68. The Kier molecular flexibility index (Phi) is 5.11. The third kappa shape index (κ3) is 3.63. The van der Waals surface area contributed by atoms with Gasteiger partial charge in [0, 0.05) is 44.0 Å². The highest BCUT2D eigenvalue weighted by molar-refractivity contribution is 5.96. The van der Waals surface area contributed by atoms with Gasteiger partial charge in [-0.25, -0.2) is 4.79 Å². The van der Waals surface area contributed by atoms with E-state index in [-0.39, 0.29) is 29.6 Å². The van der Waals surface area contributed by atoms with E-state index >= 15 is 0 Å². The molecule has 1 atom stereocenters. The molecular weight excluding hydrogens is 336 g/mol. The molecule has 0 saturated carbocycles. The fraction of sp³-hybridized carbons (Fsp3) is 0.389. The number of aromatic nitrogens is 3. The number of H-pyrrole nitrogens is 1. The second-order valence-corrected chi connectivity index (χ2v) is 6.42. The topological polar surface area (TPSA) is 105 Å². The minimum atomic E-state index is -0.523. The molecule has 1 N–H and O–H groups in total. The quantitative estimate of drug-likeness (QED) is 0.784. The molecule has 26 heavy (non-hydrogen) atoms. The molecular formula is C18H20N4O4. The third-order valence-electron chi connectivity index (χ3n) is 4.66. The van der Waals surface area contributed by atoms with Gasteiger partial charge in [-0.05, 0) is 25.0 Å². The van der Waals surface area contributed by atoms with E-state index in [1.165, 1.54) is 13.2 Å². The smallest absolute Gasteiger partial charge is 0.328 e. The summed E-state index contributed by atoms with van der Waals surface area (Å²) in [5.41, 5.74) is -0.373. The molecule has 2 aromatic heterocycles. The number of rotatable bonds is 4. The van der Waals surface area contributed by atoms with Gasteiger partial charge in [0.05, 0.1) is 6.42 Å². The number of hydrogen-bond acceptors (Lipinski definition) is 5. The zero-order valence-corrected chi connectivity index (χ0v) is 14.5. The zero-order valence-electron chi connectivity index (χ0n) is 14.5. The normalized spacial score (nSPS) is 17.1. The van der Waals surface area contributed by atoms with Crippen molar-refractivity contribution in [3.63, 3.8) is 0 Å². The Morgan fingerprint density at radius 1 is 1.31 bits per heavy atom. The van der Waals surface area contributed by atoms with Crippen molar-refractivity contribution in [1.29, 1.82) is 0 Å². The van der Waals surface area contributed by atoms with Crippen LogP contribution in [-0.2, 0) is 18.3 Å². The van der Waals surface area contributed by atoms with E-state index in [1.807, 2.05) is 0 Å². The predicted octanol–water partition coefficient (Wildman–Crippen LogP) is 0.133. The number of pyridine rings is 1. The average molecular weight is 356 g/mol. The first kappa shape index (κ1) is 17.8. The monoisotopic (exact) mass is 356 g/mol. The van der Waals surface area contributed by atoms with Gasteiger partial charge in [-0.3, -0.25) is 23.9 Å². The highest BCUT2D eigenvalue weighted by Crippen LogP contribution is 2.20. The first-order valence-electron chi connectivity index (χ1n) is 8.48. The van der Waals surface area contributed by atoms with Crippen LogP contribution in [-0.4, -0.2) is 44.2 Å². The van der Waals surface area contributed by atoms with E-state index in [0.29, 0.717) is 25.2 Å². The molecule has 3 heterocycles. The maximum Gasteiger partial charge on any atom is 0.328 e. The molecule has 3 rings (SSSR count). The van der Waals surface area contributed by atoms with Gasteiger partial charge < -0.3 is 9.88 Å². The summed E-state index contributed by atoms with van der Waals surface area (Å²) < 4.78 is 0.937. The number of amides is 1. The lowest BCUT2D eigenvalue weighted by atomic mass is 9.91. The maximum absolute atomic E-state index is 12.6. The number of likely N-dealkylation sites (tertiary alicyclic amines) is 1. The van der Waals surface area contributed by atoms with Gasteiger partial charge in [-0.2, -0.15) is 0 Å². The number of carbonyl (C=O) groups is 2. The van der Waals surface area contributed by atoms with Crippen molar-refractivity contribution in [2.24, 2.45) is 13.0 Å². The van der Waals surface area contributed by atoms with Crippen LogP contribution in [0.3, 0.4) is 0 Å². The fourth-order valence-corrected chi connectivity index (χ4v) is 3.15. The van der Waals surface area contributed by atoms with E-state index < -0.39 is 11.2 Å². The molecule has 1 aliphatic rings. The maximum atomic E-state index is 12.6. The Morgan fingerprint density at radius 3 is 2.85 bits per heavy atom. The van der Waals surface area contributed by atoms with Crippen LogP contribution in [0.2, 0.25) is 0 Å². The summed E-state index contributed by atoms with van der Waals surface area (Å²) >= 11 is 0. The molecule has 0 bridgehead atoms. The Morgan fingerprint density at radius 2 is 2.12 bits per heavy atom. The van der Waals surface area contributed by atoms with Crippen molar-refractivity contribution in [2.45, 2.75) is 19.3 Å². The fourth-order valence-electron chi connectivity index (χ4n) is 3.15. The van der Waals surface area contributed by atoms with Gasteiger partial charge in [0.15, 0.2) is 5.78 Å². The van der Waals surface area contributed by atoms with Gasteiger partial charge in [0.1, 0.15) is 5.69 Å². The van der Waals surface area contributed by atoms with Crippen LogP contribution in [0.25, 0.3) is 0 Å². The highest BCUT2D eigenvalue weighted by atomic mass is 16.2. The largest absolute Gasteiger partial charge is 0.342 e. The Bertz CT molecular complexity index is 932.